The summed E-state index contributed by atoms with van der Waals surface area (Å²) in [5, 5.41) is 2.96. The molecule has 0 atom stereocenters. The lowest BCUT2D eigenvalue weighted by atomic mass is 10.2. The van der Waals surface area contributed by atoms with E-state index in [1.165, 1.54) is 24.8 Å². The van der Waals surface area contributed by atoms with Gasteiger partial charge in [-0.15, -0.1) is 0 Å². The van der Waals surface area contributed by atoms with Gasteiger partial charge in [0.05, 0.1) is 12.1 Å². The number of hydrogen-bond donors (Lipinski definition) is 1. The van der Waals surface area contributed by atoms with E-state index in [0.717, 1.165) is 25.4 Å². The van der Waals surface area contributed by atoms with Crippen LogP contribution in [0.5, 0.6) is 5.75 Å². The normalized spacial score (nSPS) is 17.1. The van der Waals surface area contributed by atoms with Crippen molar-refractivity contribution in [2.75, 3.05) is 20.2 Å². The molecule has 1 N–H and O–H groups in total. The summed E-state index contributed by atoms with van der Waals surface area (Å²) in [6, 6.07) is 5.91. The summed E-state index contributed by atoms with van der Waals surface area (Å²) in [5.41, 5.74) is 4.62. The number of benzene rings is 1. The molecular weight excluding hydrogens is 236 g/mol. The summed E-state index contributed by atoms with van der Waals surface area (Å²) in [4.78, 5) is 0. The molecule has 0 spiro atoms. The van der Waals surface area contributed by atoms with E-state index in [2.05, 4.69) is 10.4 Å². The van der Waals surface area contributed by atoms with Crippen molar-refractivity contribution in [1.29, 1.82) is 0 Å². The molecule has 1 heterocycles. The van der Waals surface area contributed by atoms with Crippen LogP contribution in [0.1, 0.15) is 24.8 Å². The van der Waals surface area contributed by atoms with E-state index in [1.54, 1.807) is 7.11 Å². The van der Waals surface area contributed by atoms with Crippen molar-refractivity contribution in [2.24, 2.45) is 0 Å². The molecule has 94 valence electrons. The second kappa shape index (κ2) is 6.24. The van der Waals surface area contributed by atoms with Crippen LogP contribution in [0.15, 0.2) is 18.2 Å². The Morgan fingerprint density at radius 3 is 2.71 bits per heavy atom. The lowest BCUT2D eigenvalue weighted by Gasteiger charge is -2.27. The zero-order valence-electron chi connectivity index (χ0n) is 10.2. The molecule has 0 unspecified atom stereocenters. The standard InChI is InChI=1S/C13H19ClN2O/c1-17-13-6-5-11(9-12(13)14)10-15-16-7-3-2-4-8-16/h5-6,9,15H,2-4,7-8,10H2,1H3. The first-order valence-electron chi connectivity index (χ1n) is 6.10. The largest absolute Gasteiger partial charge is 0.495 e. The Labute approximate surface area is 108 Å². The Bertz CT molecular complexity index is 364. The molecular formula is C13H19ClN2O. The Morgan fingerprint density at radius 2 is 2.06 bits per heavy atom. The van der Waals surface area contributed by atoms with Crippen LogP contribution in [0.25, 0.3) is 0 Å². The van der Waals surface area contributed by atoms with Crippen LogP contribution in [0.3, 0.4) is 0 Å². The molecule has 1 aliphatic rings. The highest BCUT2D eigenvalue weighted by Gasteiger charge is 2.09. The van der Waals surface area contributed by atoms with Gasteiger partial charge in [-0.05, 0) is 30.5 Å². The predicted molar refractivity (Wildman–Crippen MR) is 70.3 cm³/mol. The maximum absolute atomic E-state index is 6.08. The molecule has 0 bridgehead atoms. The molecule has 3 nitrogen and oxygen atoms in total. The van der Waals surface area contributed by atoms with E-state index in [4.69, 9.17) is 16.3 Å². The molecule has 1 saturated heterocycles. The quantitative estimate of drug-likeness (QED) is 0.894. The number of ether oxygens (including phenoxy) is 1. The molecule has 2 rings (SSSR count). The number of hydrazine groups is 1. The monoisotopic (exact) mass is 254 g/mol. The summed E-state index contributed by atoms with van der Waals surface area (Å²) in [7, 11) is 1.63. The smallest absolute Gasteiger partial charge is 0.137 e. The number of piperidine rings is 1. The van der Waals surface area contributed by atoms with Gasteiger partial charge in [0.1, 0.15) is 5.75 Å². The lowest BCUT2D eigenvalue weighted by molar-refractivity contribution is 0.151. The molecule has 0 radical (unpaired) electrons. The lowest BCUT2D eigenvalue weighted by Crippen LogP contribution is -2.41. The highest BCUT2D eigenvalue weighted by molar-refractivity contribution is 6.32. The van der Waals surface area contributed by atoms with Crippen LogP contribution in [0, 0.1) is 0 Å². The molecule has 1 fully saturated rings. The van der Waals surface area contributed by atoms with E-state index in [0.29, 0.717) is 5.02 Å². The number of methoxy groups -OCH3 is 1. The average molecular weight is 255 g/mol. The highest BCUT2D eigenvalue weighted by Crippen LogP contribution is 2.24. The van der Waals surface area contributed by atoms with Crippen molar-refractivity contribution < 1.29 is 4.74 Å². The Hall–Kier alpha value is -0.770. The Morgan fingerprint density at radius 1 is 1.29 bits per heavy atom. The minimum atomic E-state index is 0.672. The summed E-state index contributed by atoms with van der Waals surface area (Å²) in [6.45, 7) is 3.11. The first kappa shape index (κ1) is 12.7. The fraction of sp³-hybridized carbons (Fsp3) is 0.538. The third kappa shape index (κ3) is 3.60. The highest BCUT2D eigenvalue weighted by atomic mass is 35.5. The SMILES string of the molecule is COc1ccc(CNN2CCCCC2)cc1Cl. The predicted octanol–water partition coefficient (Wildman–Crippen LogP) is 2.84. The van der Waals surface area contributed by atoms with E-state index in [-0.39, 0.29) is 0 Å². The molecule has 1 aliphatic heterocycles. The summed E-state index contributed by atoms with van der Waals surface area (Å²) in [6.07, 6.45) is 3.93. The molecule has 0 aromatic heterocycles. The molecule has 0 aliphatic carbocycles. The first-order chi connectivity index (χ1) is 8.29. The van der Waals surface area contributed by atoms with Gasteiger partial charge in [-0.3, -0.25) is 5.43 Å². The number of nitrogens with zero attached hydrogens (tertiary/aromatic N) is 1. The number of hydrogen-bond acceptors (Lipinski definition) is 3. The van der Waals surface area contributed by atoms with E-state index in [9.17, 15) is 0 Å². The molecule has 0 saturated carbocycles. The van der Waals surface area contributed by atoms with Crippen molar-refractivity contribution in [3.05, 3.63) is 28.8 Å². The molecule has 4 heteroatoms. The number of rotatable bonds is 4. The van der Waals surface area contributed by atoms with E-state index in [1.807, 2.05) is 18.2 Å². The van der Waals surface area contributed by atoms with E-state index >= 15 is 0 Å². The maximum Gasteiger partial charge on any atom is 0.137 e. The van der Waals surface area contributed by atoms with Gasteiger partial charge in [0.15, 0.2) is 0 Å². The van der Waals surface area contributed by atoms with Gasteiger partial charge in [0.25, 0.3) is 0 Å². The van der Waals surface area contributed by atoms with Crippen LogP contribution in [0.2, 0.25) is 5.02 Å². The Balaban J connectivity index is 1.87. The van der Waals surface area contributed by atoms with Gasteiger partial charge in [-0.25, -0.2) is 5.01 Å². The second-order valence-corrected chi connectivity index (χ2v) is 4.76. The van der Waals surface area contributed by atoms with Gasteiger partial charge in [-0.1, -0.05) is 24.1 Å². The third-order valence-corrected chi connectivity index (χ3v) is 3.37. The summed E-state index contributed by atoms with van der Waals surface area (Å²) in [5.74, 6) is 0.730. The molecule has 17 heavy (non-hydrogen) atoms. The molecule has 1 aromatic rings. The van der Waals surface area contributed by atoms with Crippen molar-refractivity contribution in [3.8, 4) is 5.75 Å². The average Bonchev–Trinajstić information content (AvgIpc) is 2.38. The fourth-order valence-corrected chi connectivity index (χ4v) is 2.36. The number of halogens is 1. The summed E-state index contributed by atoms with van der Waals surface area (Å²) < 4.78 is 5.13. The minimum Gasteiger partial charge on any atom is -0.495 e. The molecule has 1 aromatic carbocycles. The topological polar surface area (TPSA) is 24.5 Å². The van der Waals surface area contributed by atoms with Crippen molar-refractivity contribution in [2.45, 2.75) is 25.8 Å². The number of nitrogens with one attached hydrogen (secondary N) is 1. The Kier molecular flexibility index (Phi) is 4.66. The maximum atomic E-state index is 6.08. The van der Waals surface area contributed by atoms with Crippen molar-refractivity contribution >= 4 is 11.6 Å². The van der Waals surface area contributed by atoms with Crippen molar-refractivity contribution in [3.63, 3.8) is 0 Å². The molecule has 0 amide bonds. The zero-order valence-corrected chi connectivity index (χ0v) is 11.0. The summed E-state index contributed by atoms with van der Waals surface area (Å²) >= 11 is 6.08. The van der Waals surface area contributed by atoms with Crippen LogP contribution in [0.4, 0.5) is 0 Å². The first-order valence-corrected chi connectivity index (χ1v) is 6.48. The second-order valence-electron chi connectivity index (χ2n) is 4.35. The van der Waals surface area contributed by atoms with Gasteiger partial charge in [0.2, 0.25) is 0 Å². The minimum absolute atomic E-state index is 0.672. The van der Waals surface area contributed by atoms with Gasteiger partial charge >= 0.3 is 0 Å². The van der Waals surface area contributed by atoms with Crippen LogP contribution >= 0.6 is 11.6 Å². The van der Waals surface area contributed by atoms with Gasteiger partial charge < -0.3 is 4.74 Å². The van der Waals surface area contributed by atoms with Crippen LogP contribution in [-0.4, -0.2) is 25.2 Å². The zero-order chi connectivity index (χ0) is 12.1. The van der Waals surface area contributed by atoms with Crippen LogP contribution in [-0.2, 0) is 6.54 Å². The third-order valence-electron chi connectivity index (χ3n) is 3.08. The van der Waals surface area contributed by atoms with E-state index < -0.39 is 0 Å². The van der Waals surface area contributed by atoms with Crippen molar-refractivity contribution in [1.82, 2.24) is 10.4 Å². The van der Waals surface area contributed by atoms with Gasteiger partial charge in [-0.2, -0.15) is 0 Å². The fourth-order valence-electron chi connectivity index (χ4n) is 2.07. The van der Waals surface area contributed by atoms with Crippen LogP contribution < -0.4 is 10.2 Å². The van der Waals surface area contributed by atoms with Gasteiger partial charge in [0, 0.05) is 19.6 Å².